The highest BCUT2D eigenvalue weighted by Gasteiger charge is 2.29. The van der Waals surface area contributed by atoms with Gasteiger partial charge in [-0.15, -0.1) is 0 Å². The second kappa shape index (κ2) is 8.93. The lowest BCUT2D eigenvalue weighted by Crippen LogP contribution is -2.51. The van der Waals surface area contributed by atoms with Gasteiger partial charge in [-0.2, -0.15) is 0 Å². The Kier molecular flexibility index (Phi) is 6.53. The van der Waals surface area contributed by atoms with Crippen molar-refractivity contribution in [3.63, 3.8) is 0 Å². The number of hydrogen-bond donors (Lipinski definition) is 0. The molecule has 8 nitrogen and oxygen atoms in total. The monoisotopic (exact) mass is 418 g/mol. The van der Waals surface area contributed by atoms with E-state index in [0.29, 0.717) is 57.1 Å². The minimum absolute atomic E-state index is 0.00456. The van der Waals surface area contributed by atoms with E-state index < -0.39 is 5.60 Å². The van der Waals surface area contributed by atoms with Crippen LogP contribution >= 0.6 is 0 Å². The van der Waals surface area contributed by atoms with E-state index in [4.69, 9.17) is 14.2 Å². The Morgan fingerprint density at radius 1 is 1.03 bits per heavy atom. The van der Waals surface area contributed by atoms with E-state index >= 15 is 0 Å². The van der Waals surface area contributed by atoms with Crippen LogP contribution in [-0.2, 0) is 23.8 Å². The maximum atomic E-state index is 12.6. The van der Waals surface area contributed by atoms with Gasteiger partial charge in [-0.3, -0.25) is 9.59 Å². The lowest BCUT2D eigenvalue weighted by atomic mass is 9.88. The van der Waals surface area contributed by atoms with Crippen LogP contribution in [-0.4, -0.2) is 72.6 Å². The molecule has 0 radical (unpaired) electrons. The highest BCUT2D eigenvalue weighted by atomic mass is 16.6. The summed E-state index contributed by atoms with van der Waals surface area (Å²) in [5.41, 5.74) is 0.0574. The van der Waals surface area contributed by atoms with Gasteiger partial charge >= 0.3 is 6.09 Å². The third-order valence-corrected chi connectivity index (χ3v) is 5.11. The molecule has 2 amide bonds. The van der Waals surface area contributed by atoms with E-state index in [1.165, 1.54) is 12.2 Å². The van der Waals surface area contributed by atoms with Gasteiger partial charge in [-0.25, -0.2) is 4.79 Å². The van der Waals surface area contributed by atoms with Gasteiger partial charge in [0.15, 0.2) is 11.5 Å². The summed E-state index contributed by atoms with van der Waals surface area (Å²) in [6, 6.07) is 0. The zero-order chi connectivity index (χ0) is 21.9. The molecule has 164 valence electrons. The molecule has 0 saturated carbocycles. The number of nitrogens with zero attached hydrogens (tertiary/aromatic N) is 2. The first kappa shape index (κ1) is 21.9. The van der Waals surface area contributed by atoms with E-state index in [9.17, 15) is 14.4 Å². The van der Waals surface area contributed by atoms with Crippen molar-refractivity contribution in [2.75, 3.05) is 39.4 Å². The predicted octanol–water partition coefficient (Wildman–Crippen LogP) is 2.42. The summed E-state index contributed by atoms with van der Waals surface area (Å²) in [7, 11) is 0. The quantitative estimate of drug-likeness (QED) is 0.655. The summed E-state index contributed by atoms with van der Waals surface area (Å²) < 4.78 is 16.5. The third-order valence-electron chi connectivity index (χ3n) is 5.11. The summed E-state index contributed by atoms with van der Waals surface area (Å²) >= 11 is 0. The largest absolute Gasteiger partial charge is 0.490 e. The van der Waals surface area contributed by atoms with Crippen molar-refractivity contribution in [3.05, 3.63) is 35.3 Å². The molecule has 0 spiro atoms. The van der Waals surface area contributed by atoms with Crippen LogP contribution in [0.5, 0.6) is 0 Å². The van der Waals surface area contributed by atoms with Crippen LogP contribution in [0.4, 0.5) is 4.79 Å². The summed E-state index contributed by atoms with van der Waals surface area (Å²) in [5, 5.41) is 0. The zero-order valence-electron chi connectivity index (χ0n) is 18.1. The SMILES string of the molecule is CC1CC2=C(C=C1C(=O)/C=C/C(=O)N1CCN(C(=O)OC(C)(C)C)CC1)OCCO2. The summed E-state index contributed by atoms with van der Waals surface area (Å²) in [4.78, 5) is 40.5. The van der Waals surface area contributed by atoms with Crippen LogP contribution in [0, 0.1) is 5.92 Å². The molecule has 3 aliphatic rings. The van der Waals surface area contributed by atoms with Crippen molar-refractivity contribution in [2.45, 2.75) is 39.7 Å². The van der Waals surface area contributed by atoms with Crippen molar-refractivity contribution in [2.24, 2.45) is 5.92 Å². The zero-order valence-corrected chi connectivity index (χ0v) is 18.1. The molecule has 1 fully saturated rings. The Labute approximate surface area is 177 Å². The number of piperazine rings is 1. The molecule has 1 atom stereocenters. The predicted molar refractivity (Wildman–Crippen MR) is 109 cm³/mol. The summed E-state index contributed by atoms with van der Waals surface area (Å²) in [6.45, 7) is 10.0. The minimum Gasteiger partial charge on any atom is -0.490 e. The Balaban J connectivity index is 1.54. The van der Waals surface area contributed by atoms with Crippen LogP contribution in [0.15, 0.2) is 35.3 Å². The summed E-state index contributed by atoms with van der Waals surface area (Å²) in [5.74, 6) is 0.946. The number of carbonyl (C=O) groups excluding carboxylic acids is 3. The first-order chi connectivity index (χ1) is 14.1. The number of rotatable bonds is 3. The lowest BCUT2D eigenvalue weighted by molar-refractivity contribution is -0.128. The van der Waals surface area contributed by atoms with Crippen LogP contribution in [0.3, 0.4) is 0 Å². The first-order valence-electron chi connectivity index (χ1n) is 10.3. The van der Waals surface area contributed by atoms with Crippen LogP contribution in [0.25, 0.3) is 0 Å². The molecule has 2 heterocycles. The number of ketones is 1. The van der Waals surface area contributed by atoms with Crippen LogP contribution < -0.4 is 0 Å². The molecule has 0 aromatic heterocycles. The number of carbonyl (C=O) groups is 3. The fourth-order valence-electron chi connectivity index (χ4n) is 3.52. The molecule has 0 aromatic carbocycles. The van der Waals surface area contributed by atoms with Crippen molar-refractivity contribution in [3.8, 4) is 0 Å². The molecular weight excluding hydrogens is 388 g/mol. The second-order valence-electron chi connectivity index (χ2n) is 8.68. The Morgan fingerprint density at radius 2 is 1.67 bits per heavy atom. The molecule has 1 saturated heterocycles. The Morgan fingerprint density at radius 3 is 2.33 bits per heavy atom. The van der Waals surface area contributed by atoms with Crippen molar-refractivity contribution >= 4 is 17.8 Å². The van der Waals surface area contributed by atoms with Crippen LogP contribution in [0.2, 0.25) is 0 Å². The van der Waals surface area contributed by atoms with E-state index in [-0.39, 0.29) is 23.7 Å². The fraction of sp³-hybridized carbons (Fsp3) is 0.591. The molecule has 1 unspecified atom stereocenters. The lowest BCUT2D eigenvalue weighted by Gasteiger charge is -2.35. The number of hydrogen-bond acceptors (Lipinski definition) is 6. The van der Waals surface area contributed by atoms with Crippen molar-refractivity contribution in [1.29, 1.82) is 0 Å². The topological polar surface area (TPSA) is 85.4 Å². The Hall–Kier alpha value is -2.77. The number of allylic oxidation sites excluding steroid dienone is 4. The van der Waals surface area contributed by atoms with Gasteiger partial charge in [0.2, 0.25) is 5.91 Å². The highest BCUT2D eigenvalue weighted by molar-refractivity contribution is 6.07. The molecule has 1 aliphatic carbocycles. The van der Waals surface area contributed by atoms with Gasteiger partial charge in [0.05, 0.1) is 0 Å². The fourth-order valence-corrected chi connectivity index (χ4v) is 3.52. The number of amides is 2. The molecule has 0 bridgehead atoms. The normalized spacial score (nSPS) is 22.1. The third kappa shape index (κ3) is 5.43. The van der Waals surface area contributed by atoms with Gasteiger partial charge in [0.25, 0.3) is 0 Å². The molecule has 3 rings (SSSR count). The first-order valence-corrected chi connectivity index (χ1v) is 10.3. The standard InChI is InChI=1S/C22H30N2O6/c1-15-13-18-19(29-12-11-28-18)14-16(15)17(25)5-6-20(26)23-7-9-24(10-8-23)21(27)30-22(2,3)4/h5-6,14-15H,7-13H2,1-4H3/b6-5+. The van der Waals surface area contributed by atoms with E-state index in [1.54, 1.807) is 15.9 Å². The van der Waals surface area contributed by atoms with Gasteiger partial charge in [-0.1, -0.05) is 6.92 Å². The molecule has 0 N–H and O–H groups in total. The second-order valence-corrected chi connectivity index (χ2v) is 8.68. The maximum Gasteiger partial charge on any atom is 0.410 e. The molecule has 2 aliphatic heterocycles. The van der Waals surface area contributed by atoms with Crippen molar-refractivity contribution in [1.82, 2.24) is 9.80 Å². The number of ether oxygens (including phenoxy) is 3. The molecule has 8 heteroatoms. The molecule has 30 heavy (non-hydrogen) atoms. The smallest absolute Gasteiger partial charge is 0.410 e. The van der Waals surface area contributed by atoms with Gasteiger partial charge < -0.3 is 24.0 Å². The van der Waals surface area contributed by atoms with E-state index in [2.05, 4.69) is 0 Å². The van der Waals surface area contributed by atoms with Gasteiger partial charge in [0, 0.05) is 44.2 Å². The maximum absolute atomic E-state index is 12.6. The van der Waals surface area contributed by atoms with E-state index in [0.717, 1.165) is 5.76 Å². The molecular formula is C22H30N2O6. The van der Waals surface area contributed by atoms with E-state index in [1.807, 2.05) is 27.7 Å². The van der Waals surface area contributed by atoms with Gasteiger partial charge in [-0.05, 0) is 38.8 Å². The average Bonchev–Trinajstić information content (AvgIpc) is 2.70. The van der Waals surface area contributed by atoms with Crippen molar-refractivity contribution < 1.29 is 28.6 Å². The Bertz CT molecular complexity index is 797. The summed E-state index contributed by atoms with van der Waals surface area (Å²) in [6.07, 6.45) is 4.59. The van der Waals surface area contributed by atoms with Crippen LogP contribution in [0.1, 0.15) is 34.1 Å². The minimum atomic E-state index is -0.552. The highest BCUT2D eigenvalue weighted by Crippen LogP contribution is 2.32. The van der Waals surface area contributed by atoms with Gasteiger partial charge in [0.1, 0.15) is 24.6 Å². The molecule has 0 aromatic rings. The average molecular weight is 418 g/mol.